The van der Waals surface area contributed by atoms with Crippen LogP contribution in [0.4, 0.5) is 4.39 Å². The number of para-hydroxylation sites is 1. The molecule has 2 aromatic rings. The van der Waals surface area contributed by atoms with Crippen LogP contribution >= 0.6 is 11.8 Å². The van der Waals surface area contributed by atoms with E-state index in [1.54, 1.807) is 12.1 Å². The van der Waals surface area contributed by atoms with E-state index in [9.17, 15) is 14.3 Å². The fourth-order valence-electron chi connectivity index (χ4n) is 2.60. The van der Waals surface area contributed by atoms with E-state index in [1.807, 2.05) is 24.3 Å². The van der Waals surface area contributed by atoms with E-state index < -0.39 is 5.60 Å². The average Bonchev–Trinajstić information content (AvgIpc) is 2.60. The second kappa shape index (κ2) is 7.23. The number of carbonyl (C=O) groups is 1. The first-order valence-corrected chi connectivity index (χ1v) is 8.65. The van der Waals surface area contributed by atoms with Gasteiger partial charge in [0.15, 0.2) is 0 Å². The molecule has 3 rings (SSSR count). The molecule has 24 heavy (non-hydrogen) atoms. The number of aliphatic hydroxyl groups is 1. The maximum atomic E-state index is 12.8. The van der Waals surface area contributed by atoms with E-state index in [0.29, 0.717) is 24.3 Å². The van der Waals surface area contributed by atoms with Gasteiger partial charge in [-0.25, -0.2) is 4.39 Å². The minimum absolute atomic E-state index is 0.135. The zero-order valence-corrected chi connectivity index (χ0v) is 13.8. The van der Waals surface area contributed by atoms with Crippen molar-refractivity contribution >= 4 is 17.7 Å². The normalized spacial score (nSPS) is 19.2. The number of halogens is 1. The molecule has 1 aliphatic heterocycles. The largest absolute Gasteiger partial charge is 0.493 e. The molecule has 2 N–H and O–H groups in total. The molecule has 1 unspecified atom stereocenters. The van der Waals surface area contributed by atoms with E-state index in [1.165, 1.54) is 23.9 Å². The van der Waals surface area contributed by atoms with Crippen LogP contribution < -0.4 is 10.1 Å². The highest BCUT2D eigenvalue weighted by molar-refractivity contribution is 8.00. The molecule has 1 atom stereocenters. The van der Waals surface area contributed by atoms with Crippen LogP contribution in [-0.4, -0.2) is 29.9 Å². The van der Waals surface area contributed by atoms with Gasteiger partial charge in [0.05, 0.1) is 18.9 Å². The highest BCUT2D eigenvalue weighted by Crippen LogP contribution is 2.36. The summed E-state index contributed by atoms with van der Waals surface area (Å²) in [5, 5.41) is 13.6. The summed E-state index contributed by atoms with van der Waals surface area (Å²) in [4.78, 5) is 12.9. The molecule has 126 valence electrons. The molecule has 0 bridgehead atoms. The van der Waals surface area contributed by atoms with Crippen molar-refractivity contribution in [2.24, 2.45) is 0 Å². The van der Waals surface area contributed by atoms with Gasteiger partial charge in [-0.3, -0.25) is 4.79 Å². The Morgan fingerprint density at radius 2 is 2.00 bits per heavy atom. The zero-order chi connectivity index (χ0) is 17.0. The molecule has 0 spiro atoms. The van der Waals surface area contributed by atoms with Gasteiger partial charge in [-0.05, 0) is 30.3 Å². The number of thioether (sulfide) groups is 1. The summed E-state index contributed by atoms with van der Waals surface area (Å²) in [6, 6.07) is 13.3. The second-order valence-corrected chi connectivity index (χ2v) is 6.69. The maximum absolute atomic E-state index is 12.8. The van der Waals surface area contributed by atoms with Crippen molar-refractivity contribution < 1.29 is 19.0 Å². The predicted octanol–water partition coefficient (Wildman–Crippen LogP) is 2.70. The lowest BCUT2D eigenvalue weighted by Crippen LogP contribution is -2.44. The van der Waals surface area contributed by atoms with Gasteiger partial charge in [0.2, 0.25) is 5.91 Å². The minimum Gasteiger partial charge on any atom is -0.493 e. The number of hydrogen-bond donors (Lipinski definition) is 2. The highest BCUT2D eigenvalue weighted by atomic mass is 32.2. The van der Waals surface area contributed by atoms with Gasteiger partial charge in [-0.2, -0.15) is 0 Å². The Morgan fingerprint density at radius 1 is 1.25 bits per heavy atom. The number of benzene rings is 2. The van der Waals surface area contributed by atoms with Crippen molar-refractivity contribution in [3.63, 3.8) is 0 Å². The topological polar surface area (TPSA) is 58.6 Å². The number of ether oxygens (including phenoxy) is 1. The van der Waals surface area contributed by atoms with Gasteiger partial charge in [0.25, 0.3) is 0 Å². The van der Waals surface area contributed by atoms with E-state index >= 15 is 0 Å². The lowest BCUT2D eigenvalue weighted by atomic mass is 9.88. The van der Waals surface area contributed by atoms with Gasteiger partial charge in [0.1, 0.15) is 17.2 Å². The van der Waals surface area contributed by atoms with Gasteiger partial charge in [0, 0.05) is 16.9 Å². The number of amides is 1. The summed E-state index contributed by atoms with van der Waals surface area (Å²) >= 11 is 1.32. The molecule has 0 saturated heterocycles. The SMILES string of the molecule is O=C(CSc1ccc(F)cc1)NCC1(O)CCOc2ccccc21. The predicted molar refractivity (Wildman–Crippen MR) is 90.6 cm³/mol. The van der Waals surface area contributed by atoms with Crippen molar-refractivity contribution in [2.75, 3.05) is 18.9 Å². The Morgan fingerprint density at radius 3 is 2.79 bits per heavy atom. The Labute approximate surface area is 144 Å². The van der Waals surface area contributed by atoms with Crippen LogP contribution in [0.1, 0.15) is 12.0 Å². The monoisotopic (exact) mass is 347 g/mol. The zero-order valence-electron chi connectivity index (χ0n) is 13.0. The third-order valence-corrected chi connectivity index (χ3v) is 4.94. The van der Waals surface area contributed by atoms with Crippen LogP contribution in [0.5, 0.6) is 5.75 Å². The summed E-state index contributed by atoms with van der Waals surface area (Å²) in [6.07, 6.45) is 0.426. The molecule has 1 heterocycles. The molecule has 2 aromatic carbocycles. The van der Waals surface area contributed by atoms with Gasteiger partial charge < -0.3 is 15.2 Å². The third kappa shape index (κ3) is 3.88. The number of hydrogen-bond acceptors (Lipinski definition) is 4. The Bertz CT molecular complexity index is 722. The maximum Gasteiger partial charge on any atom is 0.230 e. The highest BCUT2D eigenvalue weighted by Gasteiger charge is 2.35. The molecule has 0 aliphatic carbocycles. The lowest BCUT2D eigenvalue weighted by Gasteiger charge is -2.34. The standard InChI is InChI=1S/C18H18FNO3S/c19-13-5-7-14(8-6-13)24-11-17(21)20-12-18(22)9-10-23-16-4-2-1-3-15(16)18/h1-8,22H,9-12H2,(H,20,21). The smallest absolute Gasteiger partial charge is 0.230 e. The van der Waals surface area contributed by atoms with E-state index in [0.717, 1.165) is 4.90 Å². The summed E-state index contributed by atoms with van der Waals surface area (Å²) in [6.45, 7) is 0.546. The third-order valence-electron chi connectivity index (χ3n) is 3.92. The van der Waals surface area contributed by atoms with Crippen LogP contribution in [0.25, 0.3) is 0 Å². The molecular formula is C18H18FNO3S. The number of nitrogens with one attached hydrogen (secondary N) is 1. The van der Waals surface area contributed by atoms with Crippen molar-refractivity contribution in [1.29, 1.82) is 0 Å². The van der Waals surface area contributed by atoms with Crippen molar-refractivity contribution in [2.45, 2.75) is 16.9 Å². The first-order chi connectivity index (χ1) is 11.6. The molecule has 0 saturated carbocycles. The molecule has 1 amide bonds. The first kappa shape index (κ1) is 16.8. The van der Waals surface area contributed by atoms with Crippen LogP contribution in [0, 0.1) is 5.82 Å². The van der Waals surface area contributed by atoms with Crippen molar-refractivity contribution in [1.82, 2.24) is 5.32 Å². The molecule has 4 nitrogen and oxygen atoms in total. The average molecular weight is 347 g/mol. The van der Waals surface area contributed by atoms with Crippen LogP contribution in [-0.2, 0) is 10.4 Å². The van der Waals surface area contributed by atoms with Crippen LogP contribution in [0.3, 0.4) is 0 Å². The summed E-state index contributed by atoms with van der Waals surface area (Å²) in [5.74, 6) is 0.381. The molecule has 0 fully saturated rings. The van der Waals surface area contributed by atoms with Crippen molar-refractivity contribution in [3.8, 4) is 5.75 Å². The second-order valence-electron chi connectivity index (χ2n) is 5.65. The van der Waals surface area contributed by atoms with Gasteiger partial charge >= 0.3 is 0 Å². The molecular weight excluding hydrogens is 329 g/mol. The first-order valence-electron chi connectivity index (χ1n) is 7.67. The summed E-state index contributed by atoms with van der Waals surface area (Å²) in [5.41, 5.74) is -0.423. The van der Waals surface area contributed by atoms with E-state index in [2.05, 4.69) is 5.32 Å². The van der Waals surface area contributed by atoms with Gasteiger partial charge in [-0.15, -0.1) is 11.8 Å². The summed E-state index contributed by atoms with van der Waals surface area (Å²) < 4.78 is 18.4. The number of fused-ring (bicyclic) bond motifs is 1. The van der Waals surface area contributed by atoms with Crippen molar-refractivity contribution in [3.05, 3.63) is 59.9 Å². The molecule has 1 aliphatic rings. The lowest BCUT2D eigenvalue weighted by molar-refractivity contribution is -0.120. The summed E-state index contributed by atoms with van der Waals surface area (Å²) in [7, 11) is 0. The quantitative estimate of drug-likeness (QED) is 0.817. The molecule has 6 heteroatoms. The van der Waals surface area contributed by atoms with Crippen LogP contribution in [0.2, 0.25) is 0 Å². The Balaban J connectivity index is 1.55. The molecule has 0 radical (unpaired) electrons. The Hall–Kier alpha value is -2.05. The fourth-order valence-corrected chi connectivity index (χ4v) is 3.33. The number of rotatable bonds is 5. The molecule has 0 aromatic heterocycles. The van der Waals surface area contributed by atoms with Crippen LogP contribution in [0.15, 0.2) is 53.4 Å². The fraction of sp³-hybridized carbons (Fsp3) is 0.278. The number of carbonyl (C=O) groups excluding carboxylic acids is 1. The minimum atomic E-state index is -1.12. The van der Waals surface area contributed by atoms with E-state index in [4.69, 9.17) is 4.74 Å². The van der Waals surface area contributed by atoms with E-state index in [-0.39, 0.29) is 24.0 Å². The van der Waals surface area contributed by atoms with Gasteiger partial charge in [-0.1, -0.05) is 18.2 Å². The Kier molecular flexibility index (Phi) is 5.06.